The maximum Gasteiger partial charge on any atom is 0.472 e. The zero-order valence-corrected chi connectivity index (χ0v) is 63.9. The minimum atomic E-state index is -4.96. The minimum Gasteiger partial charge on any atom is -0.462 e. The Balaban J connectivity index is 5.18. The Hall–Kier alpha value is -1.94. The average molecular weight is 1400 g/mol. The SMILES string of the molecule is CCCCCCCCCCCCCCCCCCCCCCCCC(=O)O[C@H](COC(=O)CCCCCCCCCCCCC(C)CC)COP(=O)(O)OC[C@@H](O)COP(=O)(O)OC[C@@H](COC(=O)CCCCCCCCC(C)C)OC(=O)CCCCCCCCC(C)CC. The van der Waals surface area contributed by atoms with E-state index >= 15 is 0 Å². The molecule has 17 nitrogen and oxygen atoms in total. The fraction of sp³-hybridized carbons (Fsp3) is 0.947. The van der Waals surface area contributed by atoms with Crippen molar-refractivity contribution < 1.29 is 80.2 Å². The maximum absolute atomic E-state index is 13.1. The van der Waals surface area contributed by atoms with Crippen LogP contribution in [0.15, 0.2) is 0 Å². The second-order valence-corrected chi connectivity index (χ2v) is 31.3. The number of aliphatic hydroxyl groups excluding tert-OH is 1. The van der Waals surface area contributed by atoms with Crippen LogP contribution in [0.3, 0.4) is 0 Å². The van der Waals surface area contributed by atoms with Gasteiger partial charge in [0, 0.05) is 25.7 Å². The number of rotatable bonds is 74. The molecule has 7 atom stereocenters. The van der Waals surface area contributed by atoms with Crippen LogP contribution in [0.4, 0.5) is 0 Å². The predicted octanol–water partition coefficient (Wildman–Crippen LogP) is 22.2. The molecule has 0 saturated heterocycles. The smallest absolute Gasteiger partial charge is 0.462 e. The first kappa shape index (κ1) is 93.1. The first-order chi connectivity index (χ1) is 45.8. The van der Waals surface area contributed by atoms with Crippen molar-refractivity contribution in [2.24, 2.45) is 17.8 Å². The lowest BCUT2D eigenvalue weighted by Crippen LogP contribution is -2.30. The summed E-state index contributed by atoms with van der Waals surface area (Å²) in [4.78, 5) is 72.7. The van der Waals surface area contributed by atoms with Crippen molar-refractivity contribution in [3.05, 3.63) is 0 Å². The quantitative estimate of drug-likeness (QED) is 0.0222. The highest BCUT2D eigenvalue weighted by molar-refractivity contribution is 7.47. The van der Waals surface area contributed by atoms with Crippen molar-refractivity contribution in [2.75, 3.05) is 39.6 Å². The molecule has 0 aliphatic heterocycles. The molecule has 0 aliphatic rings. The molecule has 95 heavy (non-hydrogen) atoms. The number of hydrogen-bond donors (Lipinski definition) is 3. The number of phosphoric ester groups is 2. The van der Waals surface area contributed by atoms with Crippen molar-refractivity contribution in [1.82, 2.24) is 0 Å². The Labute approximate surface area is 581 Å². The summed E-state index contributed by atoms with van der Waals surface area (Å²) in [6.07, 6.45) is 53.1. The molecule has 0 amide bonds. The standard InChI is InChI=1S/C76H148O17P2/c1-8-11-12-13-14-15-16-17-18-19-20-21-22-23-24-25-26-27-32-35-45-52-59-75(80)92-71(63-86-73(78)57-50-43-34-31-29-28-30-33-41-48-55-68(6)9-2)65-90-94(82,83)88-61-70(77)62-89-95(84,85)91-66-72(64-87-74(79)58-51-44-38-36-40-47-54-67(4)5)93-76(81)60-53-46-39-37-42-49-56-69(7)10-3/h67-72,77H,8-66H2,1-7H3,(H,82,83)(H,84,85)/t68?,69?,70-,71-,72-/m1/s1. The lowest BCUT2D eigenvalue weighted by molar-refractivity contribution is -0.161. The second-order valence-electron chi connectivity index (χ2n) is 28.4. The van der Waals surface area contributed by atoms with Crippen LogP contribution >= 0.6 is 15.6 Å². The van der Waals surface area contributed by atoms with Gasteiger partial charge in [0.2, 0.25) is 0 Å². The van der Waals surface area contributed by atoms with Crippen LogP contribution in [-0.4, -0.2) is 96.7 Å². The van der Waals surface area contributed by atoms with E-state index in [1.807, 2.05) is 0 Å². The zero-order chi connectivity index (χ0) is 70.1. The van der Waals surface area contributed by atoms with Gasteiger partial charge in [-0.2, -0.15) is 0 Å². The first-order valence-electron chi connectivity index (χ1n) is 39.4. The van der Waals surface area contributed by atoms with Gasteiger partial charge in [0.25, 0.3) is 0 Å². The zero-order valence-electron chi connectivity index (χ0n) is 62.1. The molecule has 4 unspecified atom stereocenters. The van der Waals surface area contributed by atoms with Gasteiger partial charge in [0.05, 0.1) is 26.4 Å². The molecule has 0 aromatic heterocycles. The van der Waals surface area contributed by atoms with E-state index < -0.39 is 97.5 Å². The molecule has 0 bridgehead atoms. The van der Waals surface area contributed by atoms with Gasteiger partial charge in [-0.3, -0.25) is 37.3 Å². The van der Waals surface area contributed by atoms with Gasteiger partial charge in [0.15, 0.2) is 12.2 Å². The van der Waals surface area contributed by atoms with E-state index in [0.29, 0.717) is 31.6 Å². The monoisotopic (exact) mass is 1400 g/mol. The Morgan fingerprint density at radius 2 is 0.537 bits per heavy atom. The average Bonchev–Trinajstić information content (AvgIpc) is 1.72. The summed E-state index contributed by atoms with van der Waals surface area (Å²) in [5.41, 5.74) is 0. The number of carbonyl (C=O) groups excluding carboxylic acids is 4. The van der Waals surface area contributed by atoms with Crippen LogP contribution in [0, 0.1) is 17.8 Å². The number of unbranched alkanes of at least 4 members (excludes halogenated alkanes) is 40. The van der Waals surface area contributed by atoms with Gasteiger partial charge in [-0.25, -0.2) is 9.13 Å². The summed E-state index contributed by atoms with van der Waals surface area (Å²) >= 11 is 0. The van der Waals surface area contributed by atoms with Gasteiger partial charge in [-0.1, -0.05) is 337 Å². The highest BCUT2D eigenvalue weighted by Crippen LogP contribution is 2.45. The van der Waals surface area contributed by atoms with E-state index in [0.717, 1.165) is 108 Å². The summed E-state index contributed by atoms with van der Waals surface area (Å²) in [5, 5.41) is 10.6. The Morgan fingerprint density at radius 1 is 0.305 bits per heavy atom. The van der Waals surface area contributed by atoms with Crippen LogP contribution in [0.1, 0.15) is 389 Å². The molecule has 0 radical (unpaired) electrons. The van der Waals surface area contributed by atoms with Crippen molar-refractivity contribution in [3.8, 4) is 0 Å². The topological polar surface area (TPSA) is 237 Å². The van der Waals surface area contributed by atoms with Gasteiger partial charge < -0.3 is 33.8 Å². The van der Waals surface area contributed by atoms with E-state index in [9.17, 15) is 43.2 Å². The molecule has 0 saturated carbocycles. The highest BCUT2D eigenvalue weighted by Gasteiger charge is 2.30. The highest BCUT2D eigenvalue weighted by atomic mass is 31.2. The van der Waals surface area contributed by atoms with Crippen LogP contribution in [0.25, 0.3) is 0 Å². The molecule has 0 aliphatic carbocycles. The van der Waals surface area contributed by atoms with E-state index in [2.05, 4.69) is 48.5 Å². The summed E-state index contributed by atoms with van der Waals surface area (Å²) in [6, 6.07) is 0. The van der Waals surface area contributed by atoms with E-state index in [-0.39, 0.29) is 25.7 Å². The Kier molecular flexibility index (Phi) is 65.2. The first-order valence-corrected chi connectivity index (χ1v) is 42.4. The fourth-order valence-corrected chi connectivity index (χ4v) is 13.1. The van der Waals surface area contributed by atoms with Gasteiger partial charge in [0.1, 0.15) is 19.3 Å². The summed E-state index contributed by atoms with van der Waals surface area (Å²) < 4.78 is 68.4. The van der Waals surface area contributed by atoms with Crippen LogP contribution in [0.5, 0.6) is 0 Å². The Morgan fingerprint density at radius 3 is 0.800 bits per heavy atom. The normalized spacial score (nSPS) is 14.6. The molecule has 0 rings (SSSR count). The number of carbonyl (C=O) groups is 4. The van der Waals surface area contributed by atoms with Gasteiger partial charge in [-0.15, -0.1) is 0 Å². The number of esters is 4. The predicted molar refractivity (Wildman–Crippen MR) is 386 cm³/mol. The molecule has 0 aromatic carbocycles. The van der Waals surface area contributed by atoms with Crippen molar-refractivity contribution >= 4 is 39.5 Å². The molecule has 3 N–H and O–H groups in total. The van der Waals surface area contributed by atoms with Crippen LogP contribution in [0.2, 0.25) is 0 Å². The lowest BCUT2D eigenvalue weighted by Gasteiger charge is -2.21. The third-order valence-corrected chi connectivity index (χ3v) is 20.3. The molecule has 19 heteroatoms. The third-order valence-electron chi connectivity index (χ3n) is 18.4. The van der Waals surface area contributed by atoms with Crippen molar-refractivity contribution in [2.45, 2.75) is 407 Å². The van der Waals surface area contributed by atoms with Crippen molar-refractivity contribution in [1.29, 1.82) is 0 Å². The molecule has 0 spiro atoms. The molecule has 0 fully saturated rings. The fourth-order valence-electron chi connectivity index (χ4n) is 11.5. The molecule has 0 aromatic rings. The third kappa shape index (κ3) is 67.6. The molecule has 564 valence electrons. The summed E-state index contributed by atoms with van der Waals surface area (Å²) in [5.74, 6) is 0.0833. The molecule has 0 heterocycles. The molecular formula is C76H148O17P2. The van der Waals surface area contributed by atoms with E-state index in [1.165, 1.54) is 193 Å². The Bertz CT molecular complexity index is 1860. The number of aliphatic hydroxyl groups is 1. The number of ether oxygens (including phenoxy) is 4. The van der Waals surface area contributed by atoms with Gasteiger partial charge >= 0.3 is 39.5 Å². The second kappa shape index (κ2) is 66.6. The van der Waals surface area contributed by atoms with E-state index in [1.54, 1.807) is 0 Å². The summed E-state index contributed by atoms with van der Waals surface area (Å²) in [6.45, 7) is 11.8. The molecular weight excluding hydrogens is 1250 g/mol. The van der Waals surface area contributed by atoms with Crippen molar-refractivity contribution in [3.63, 3.8) is 0 Å². The van der Waals surface area contributed by atoms with E-state index in [4.69, 9.17) is 37.0 Å². The minimum absolute atomic E-state index is 0.102. The number of hydrogen-bond acceptors (Lipinski definition) is 15. The number of phosphoric acid groups is 2. The van der Waals surface area contributed by atoms with Gasteiger partial charge in [-0.05, 0) is 43.4 Å². The maximum atomic E-state index is 13.1. The lowest BCUT2D eigenvalue weighted by atomic mass is 9.99. The van der Waals surface area contributed by atoms with Crippen LogP contribution < -0.4 is 0 Å². The largest absolute Gasteiger partial charge is 0.472 e. The summed E-state index contributed by atoms with van der Waals surface area (Å²) in [7, 11) is -9.91. The van der Waals surface area contributed by atoms with Crippen LogP contribution in [-0.2, 0) is 65.4 Å².